The summed E-state index contributed by atoms with van der Waals surface area (Å²) >= 11 is 0. The molecular weight excluding hydrogens is 345 g/mol. The Morgan fingerprint density at radius 1 is 1.33 bits per heavy atom. The summed E-state index contributed by atoms with van der Waals surface area (Å²) in [5, 5.41) is 13.8. The van der Waals surface area contributed by atoms with Gasteiger partial charge in [0.05, 0.1) is 24.7 Å². The Labute approximate surface area is 157 Å². The second kappa shape index (κ2) is 7.49. The van der Waals surface area contributed by atoms with Crippen LogP contribution in [0.2, 0.25) is 0 Å². The maximum atomic E-state index is 13.5. The molecule has 1 amide bonds. The van der Waals surface area contributed by atoms with E-state index in [1.165, 1.54) is 4.90 Å². The van der Waals surface area contributed by atoms with Crippen LogP contribution < -0.4 is 5.32 Å². The molecule has 2 aliphatic rings. The Hall–Kier alpha value is -2.72. The lowest BCUT2D eigenvalue weighted by Gasteiger charge is -2.23. The number of likely N-dealkylation sites (tertiary alicyclic amines) is 2. The van der Waals surface area contributed by atoms with E-state index in [4.69, 9.17) is 5.26 Å². The summed E-state index contributed by atoms with van der Waals surface area (Å²) in [6, 6.07) is 11.6. The highest BCUT2D eigenvalue weighted by Crippen LogP contribution is 2.24. The highest BCUT2D eigenvalue weighted by Gasteiger charge is 2.36. The molecule has 4 rings (SSSR count). The number of benzene rings is 1. The second-order valence-electron chi connectivity index (χ2n) is 7.26. The van der Waals surface area contributed by atoms with Gasteiger partial charge in [-0.2, -0.15) is 5.26 Å². The van der Waals surface area contributed by atoms with Gasteiger partial charge in [0.1, 0.15) is 12.2 Å². The molecule has 1 aromatic heterocycles. The highest BCUT2D eigenvalue weighted by atomic mass is 19.1. The van der Waals surface area contributed by atoms with Crippen molar-refractivity contribution in [2.75, 3.05) is 31.5 Å². The predicted molar refractivity (Wildman–Crippen MR) is 101 cm³/mol. The van der Waals surface area contributed by atoms with Gasteiger partial charge in [0.25, 0.3) is 0 Å². The molecule has 1 aromatic carbocycles. The number of fused-ring (bicyclic) bond motifs is 1. The molecule has 0 saturated carbocycles. The van der Waals surface area contributed by atoms with Crippen molar-refractivity contribution in [3.8, 4) is 6.07 Å². The zero-order chi connectivity index (χ0) is 18.8. The van der Waals surface area contributed by atoms with Crippen LogP contribution in [0.4, 0.5) is 10.1 Å². The molecule has 0 aliphatic carbocycles. The van der Waals surface area contributed by atoms with Crippen LogP contribution >= 0.6 is 0 Å². The fraction of sp³-hybridized carbons (Fsp3) is 0.450. The maximum absolute atomic E-state index is 13.5. The molecule has 2 aromatic rings. The Balaban J connectivity index is 1.36. The molecule has 3 atom stereocenters. The van der Waals surface area contributed by atoms with Crippen LogP contribution in [-0.4, -0.2) is 65.1 Å². The van der Waals surface area contributed by atoms with Crippen molar-refractivity contribution in [1.29, 1.82) is 5.26 Å². The van der Waals surface area contributed by atoms with Crippen LogP contribution in [0.25, 0.3) is 10.9 Å². The summed E-state index contributed by atoms with van der Waals surface area (Å²) < 4.78 is 13.5. The highest BCUT2D eigenvalue weighted by molar-refractivity contribution is 5.91. The monoisotopic (exact) mass is 367 g/mol. The van der Waals surface area contributed by atoms with Gasteiger partial charge >= 0.3 is 0 Å². The number of aromatic nitrogens is 1. The molecule has 2 aliphatic heterocycles. The molecule has 7 heteroatoms. The largest absolute Gasteiger partial charge is 0.380 e. The number of pyridine rings is 1. The number of amides is 1. The summed E-state index contributed by atoms with van der Waals surface area (Å²) in [5.74, 6) is -0.156. The lowest BCUT2D eigenvalue weighted by atomic mass is 10.1. The SMILES string of the molecule is N#CC1C[C@H](F)CN1C(=O)CN1CC[C@@H](Nc2ccnc3ccccc23)C1. The molecule has 0 spiro atoms. The molecule has 3 heterocycles. The van der Waals surface area contributed by atoms with Gasteiger partial charge in [-0.1, -0.05) is 18.2 Å². The molecular formula is C20H22FN5O. The number of hydrogen-bond acceptors (Lipinski definition) is 5. The van der Waals surface area contributed by atoms with E-state index in [0.717, 1.165) is 36.1 Å². The number of anilines is 1. The van der Waals surface area contributed by atoms with Gasteiger partial charge in [-0.05, 0) is 18.6 Å². The quantitative estimate of drug-likeness (QED) is 0.897. The smallest absolute Gasteiger partial charge is 0.237 e. The number of nitrogens with zero attached hydrogens (tertiary/aromatic N) is 4. The summed E-state index contributed by atoms with van der Waals surface area (Å²) in [7, 11) is 0. The second-order valence-corrected chi connectivity index (χ2v) is 7.26. The zero-order valence-corrected chi connectivity index (χ0v) is 15.0. The van der Waals surface area contributed by atoms with Crippen molar-refractivity contribution < 1.29 is 9.18 Å². The molecule has 1 N–H and O–H groups in total. The van der Waals surface area contributed by atoms with Crippen molar-refractivity contribution in [3.05, 3.63) is 36.5 Å². The number of carbonyl (C=O) groups excluding carboxylic acids is 1. The van der Waals surface area contributed by atoms with Crippen LogP contribution in [0.3, 0.4) is 0 Å². The average molecular weight is 367 g/mol. The Morgan fingerprint density at radius 2 is 2.19 bits per heavy atom. The molecule has 0 radical (unpaired) electrons. The van der Waals surface area contributed by atoms with Crippen LogP contribution in [0, 0.1) is 11.3 Å². The minimum Gasteiger partial charge on any atom is -0.380 e. The average Bonchev–Trinajstić information content (AvgIpc) is 3.28. The van der Waals surface area contributed by atoms with Gasteiger partial charge in [0.2, 0.25) is 5.91 Å². The molecule has 6 nitrogen and oxygen atoms in total. The summed E-state index contributed by atoms with van der Waals surface area (Å²) in [6.07, 6.45) is 1.76. The zero-order valence-electron chi connectivity index (χ0n) is 15.0. The number of nitrogens with one attached hydrogen (secondary N) is 1. The van der Waals surface area contributed by atoms with E-state index in [1.807, 2.05) is 36.4 Å². The number of nitriles is 1. The van der Waals surface area contributed by atoms with E-state index in [1.54, 1.807) is 6.20 Å². The first-order valence-electron chi connectivity index (χ1n) is 9.30. The molecule has 27 heavy (non-hydrogen) atoms. The molecule has 2 fully saturated rings. The fourth-order valence-electron chi connectivity index (χ4n) is 4.00. The van der Waals surface area contributed by atoms with Crippen molar-refractivity contribution >= 4 is 22.5 Å². The normalized spacial score (nSPS) is 25.6. The third-order valence-corrected chi connectivity index (χ3v) is 5.36. The van der Waals surface area contributed by atoms with Crippen LogP contribution in [0.5, 0.6) is 0 Å². The van der Waals surface area contributed by atoms with Crippen LogP contribution in [-0.2, 0) is 4.79 Å². The van der Waals surface area contributed by atoms with E-state index in [0.29, 0.717) is 0 Å². The number of alkyl halides is 1. The minimum atomic E-state index is -1.09. The van der Waals surface area contributed by atoms with E-state index < -0.39 is 12.2 Å². The maximum Gasteiger partial charge on any atom is 0.237 e. The predicted octanol–water partition coefficient (Wildman–Crippen LogP) is 2.18. The van der Waals surface area contributed by atoms with Crippen molar-refractivity contribution in [3.63, 3.8) is 0 Å². The van der Waals surface area contributed by atoms with Gasteiger partial charge in [0.15, 0.2) is 0 Å². The van der Waals surface area contributed by atoms with E-state index in [-0.39, 0.29) is 31.5 Å². The Bertz CT molecular complexity index is 877. The van der Waals surface area contributed by atoms with Gasteiger partial charge in [0, 0.05) is 42.8 Å². The Kier molecular flexibility index (Phi) is 4.90. The number of rotatable bonds is 4. The number of para-hydroxylation sites is 1. The lowest BCUT2D eigenvalue weighted by molar-refractivity contribution is -0.132. The first-order chi connectivity index (χ1) is 13.1. The molecule has 1 unspecified atom stereocenters. The van der Waals surface area contributed by atoms with Gasteiger partial charge < -0.3 is 10.2 Å². The standard InChI is InChI=1S/C20H22FN5O/c21-14-9-16(10-22)26(11-14)20(27)13-25-8-6-15(12-25)24-19-5-7-23-18-4-2-1-3-17(18)19/h1-5,7,14-16H,6,8-9,11-13H2,(H,23,24)/t14-,15+,16?/m0/s1. The third-order valence-electron chi connectivity index (χ3n) is 5.36. The van der Waals surface area contributed by atoms with Crippen molar-refractivity contribution in [2.45, 2.75) is 31.1 Å². The number of hydrogen-bond donors (Lipinski definition) is 1. The minimum absolute atomic E-state index is 0.0373. The summed E-state index contributed by atoms with van der Waals surface area (Å²) in [4.78, 5) is 20.3. The topological polar surface area (TPSA) is 72.3 Å². The summed E-state index contributed by atoms with van der Waals surface area (Å²) in [6.45, 7) is 1.82. The first-order valence-corrected chi connectivity index (χ1v) is 9.30. The lowest BCUT2D eigenvalue weighted by Crippen LogP contribution is -2.42. The first kappa shape index (κ1) is 17.7. The molecule has 2 saturated heterocycles. The van der Waals surface area contributed by atoms with Crippen molar-refractivity contribution in [2.24, 2.45) is 0 Å². The van der Waals surface area contributed by atoms with E-state index >= 15 is 0 Å². The van der Waals surface area contributed by atoms with Gasteiger partial charge in [-0.15, -0.1) is 0 Å². The van der Waals surface area contributed by atoms with Gasteiger partial charge in [-0.25, -0.2) is 4.39 Å². The summed E-state index contributed by atoms with van der Waals surface area (Å²) in [5.41, 5.74) is 1.99. The van der Waals surface area contributed by atoms with Crippen LogP contribution in [0.1, 0.15) is 12.8 Å². The van der Waals surface area contributed by atoms with E-state index in [2.05, 4.69) is 15.2 Å². The van der Waals surface area contributed by atoms with Crippen LogP contribution in [0.15, 0.2) is 36.5 Å². The van der Waals surface area contributed by atoms with Crippen molar-refractivity contribution in [1.82, 2.24) is 14.8 Å². The number of halogens is 1. The van der Waals surface area contributed by atoms with Gasteiger partial charge in [-0.3, -0.25) is 14.7 Å². The molecule has 140 valence electrons. The fourth-order valence-corrected chi connectivity index (χ4v) is 4.00. The van der Waals surface area contributed by atoms with E-state index in [9.17, 15) is 9.18 Å². The third kappa shape index (κ3) is 3.71. The number of carbonyl (C=O) groups is 1. The Morgan fingerprint density at radius 3 is 3.04 bits per heavy atom. The molecule has 0 bridgehead atoms.